The molecule has 6 nitrogen and oxygen atoms in total. The molecule has 0 aliphatic carbocycles. The molecule has 2 aromatic rings. The van der Waals surface area contributed by atoms with Crippen molar-refractivity contribution in [3.05, 3.63) is 71.0 Å². The second-order valence-electron chi connectivity index (χ2n) is 6.54. The van der Waals surface area contributed by atoms with Gasteiger partial charge >= 0.3 is 0 Å². The number of hydrogen-bond acceptors (Lipinski definition) is 3. The van der Waals surface area contributed by atoms with Gasteiger partial charge in [0.15, 0.2) is 5.96 Å². The van der Waals surface area contributed by atoms with Gasteiger partial charge in [-0.15, -0.1) is 0 Å². The van der Waals surface area contributed by atoms with Gasteiger partial charge in [0.25, 0.3) is 5.91 Å². The number of aliphatic imine (C=N–C) groups is 1. The number of hydrogen-bond donors (Lipinski definition) is 3. The number of nitrogens with zero attached hydrogens (tertiary/aromatic N) is 2. The van der Waals surface area contributed by atoms with Gasteiger partial charge in [-0.2, -0.15) is 0 Å². The van der Waals surface area contributed by atoms with E-state index in [0.29, 0.717) is 30.2 Å². The Labute approximate surface area is 165 Å². The van der Waals surface area contributed by atoms with Crippen molar-refractivity contribution in [1.82, 2.24) is 15.5 Å². The van der Waals surface area contributed by atoms with Gasteiger partial charge in [-0.05, 0) is 42.3 Å². The molecule has 0 heterocycles. The van der Waals surface area contributed by atoms with Crippen LogP contribution in [0.5, 0.6) is 0 Å². The molecule has 0 saturated heterocycles. The van der Waals surface area contributed by atoms with Gasteiger partial charge in [-0.3, -0.25) is 4.79 Å². The fraction of sp³-hybridized carbons (Fsp3) is 0.333. The lowest BCUT2D eigenvalue weighted by atomic mass is 10.1. The van der Waals surface area contributed by atoms with Crippen molar-refractivity contribution < 1.29 is 14.3 Å². The number of halogens is 1. The smallest absolute Gasteiger partial charge is 0.253 e. The largest absolute Gasteiger partial charge is 0.387 e. The van der Waals surface area contributed by atoms with E-state index in [4.69, 9.17) is 0 Å². The predicted molar refractivity (Wildman–Crippen MR) is 109 cm³/mol. The number of amides is 1. The summed E-state index contributed by atoms with van der Waals surface area (Å²) in [6.45, 7) is 3.30. The van der Waals surface area contributed by atoms with E-state index in [1.54, 1.807) is 38.4 Å². The van der Waals surface area contributed by atoms with E-state index in [-0.39, 0.29) is 18.3 Å². The van der Waals surface area contributed by atoms with Gasteiger partial charge in [0, 0.05) is 32.7 Å². The molecule has 28 heavy (non-hydrogen) atoms. The van der Waals surface area contributed by atoms with E-state index < -0.39 is 6.10 Å². The molecule has 0 aliphatic rings. The molecular weight excluding hydrogens is 359 g/mol. The molecule has 3 N–H and O–H groups in total. The Morgan fingerprint density at radius 1 is 1.11 bits per heavy atom. The highest BCUT2D eigenvalue weighted by Crippen LogP contribution is 2.12. The van der Waals surface area contributed by atoms with E-state index >= 15 is 0 Å². The van der Waals surface area contributed by atoms with E-state index in [1.807, 2.05) is 19.1 Å². The van der Waals surface area contributed by atoms with Gasteiger partial charge in [0.1, 0.15) is 5.82 Å². The van der Waals surface area contributed by atoms with Crippen LogP contribution in [0.1, 0.15) is 34.5 Å². The first-order valence-corrected chi connectivity index (χ1v) is 9.17. The predicted octanol–water partition coefficient (Wildman–Crippen LogP) is 2.32. The second kappa shape index (κ2) is 10.4. The number of aliphatic hydroxyl groups is 1. The number of aliphatic hydroxyl groups excluding tert-OH is 1. The second-order valence-corrected chi connectivity index (χ2v) is 6.54. The molecule has 2 aromatic carbocycles. The maximum atomic E-state index is 13.0. The van der Waals surface area contributed by atoms with Crippen LogP contribution in [-0.2, 0) is 6.54 Å². The van der Waals surface area contributed by atoms with E-state index in [0.717, 1.165) is 5.56 Å². The number of guanidine groups is 1. The molecule has 2 rings (SSSR count). The van der Waals surface area contributed by atoms with Crippen LogP contribution in [-0.4, -0.2) is 49.1 Å². The third-order valence-electron chi connectivity index (χ3n) is 4.09. The molecule has 0 saturated carbocycles. The van der Waals surface area contributed by atoms with E-state index in [9.17, 15) is 14.3 Å². The first-order valence-electron chi connectivity index (χ1n) is 9.17. The third-order valence-corrected chi connectivity index (χ3v) is 4.09. The Balaban J connectivity index is 1.96. The summed E-state index contributed by atoms with van der Waals surface area (Å²) in [4.78, 5) is 18.0. The minimum Gasteiger partial charge on any atom is -0.387 e. The molecule has 0 aromatic heterocycles. The Kier molecular flexibility index (Phi) is 7.95. The minimum atomic E-state index is -0.777. The standard InChI is InChI=1S/C21H27FN4O2/c1-4-23-21(25-14-19(27)16-9-11-18(22)12-10-16)24-13-15-5-7-17(8-6-15)20(28)26(2)3/h5-12,19,27H,4,13-14H2,1-3H3,(H2,23,24,25). The minimum absolute atomic E-state index is 0.0418. The zero-order chi connectivity index (χ0) is 20.5. The number of benzene rings is 2. The highest BCUT2D eigenvalue weighted by atomic mass is 19.1. The summed E-state index contributed by atoms with van der Waals surface area (Å²) in [5, 5.41) is 16.4. The average Bonchev–Trinajstić information content (AvgIpc) is 2.70. The summed E-state index contributed by atoms with van der Waals surface area (Å²) in [6, 6.07) is 13.1. The number of nitrogens with one attached hydrogen (secondary N) is 2. The van der Waals surface area contributed by atoms with Crippen LogP contribution in [0.4, 0.5) is 4.39 Å². The molecule has 0 bridgehead atoms. The molecule has 1 unspecified atom stereocenters. The summed E-state index contributed by atoms with van der Waals surface area (Å²) >= 11 is 0. The molecule has 0 fully saturated rings. The zero-order valence-corrected chi connectivity index (χ0v) is 16.4. The van der Waals surface area contributed by atoms with Crippen molar-refractivity contribution in [2.45, 2.75) is 19.6 Å². The summed E-state index contributed by atoms with van der Waals surface area (Å²) < 4.78 is 13.0. The highest BCUT2D eigenvalue weighted by molar-refractivity contribution is 5.93. The Hall–Kier alpha value is -2.93. The van der Waals surface area contributed by atoms with Crippen molar-refractivity contribution in [3.63, 3.8) is 0 Å². The molecule has 1 atom stereocenters. The molecule has 150 valence electrons. The Bertz CT molecular complexity index is 789. The fourth-order valence-electron chi connectivity index (χ4n) is 2.52. The maximum absolute atomic E-state index is 13.0. The van der Waals surface area contributed by atoms with Gasteiger partial charge in [0.2, 0.25) is 0 Å². The molecule has 0 spiro atoms. The van der Waals surface area contributed by atoms with Crippen molar-refractivity contribution >= 4 is 11.9 Å². The summed E-state index contributed by atoms with van der Waals surface area (Å²) in [5.41, 5.74) is 2.22. The van der Waals surface area contributed by atoms with Crippen molar-refractivity contribution in [2.75, 3.05) is 27.2 Å². The summed E-state index contributed by atoms with van der Waals surface area (Å²) in [5.74, 6) is 0.189. The molecule has 7 heteroatoms. The van der Waals surface area contributed by atoms with Gasteiger partial charge < -0.3 is 20.6 Å². The van der Waals surface area contributed by atoms with Gasteiger partial charge in [-0.25, -0.2) is 9.38 Å². The number of carbonyl (C=O) groups is 1. The summed E-state index contributed by atoms with van der Waals surface area (Å²) in [7, 11) is 3.44. The highest BCUT2D eigenvalue weighted by Gasteiger charge is 2.09. The zero-order valence-electron chi connectivity index (χ0n) is 16.4. The van der Waals surface area contributed by atoms with Crippen LogP contribution >= 0.6 is 0 Å². The third kappa shape index (κ3) is 6.35. The lowest BCUT2D eigenvalue weighted by Crippen LogP contribution is -2.39. The normalized spacial score (nSPS) is 12.4. The van der Waals surface area contributed by atoms with Gasteiger partial charge in [-0.1, -0.05) is 24.3 Å². The van der Waals surface area contributed by atoms with E-state index in [1.165, 1.54) is 17.0 Å². The lowest BCUT2D eigenvalue weighted by Gasteiger charge is -2.15. The van der Waals surface area contributed by atoms with Crippen LogP contribution in [0.25, 0.3) is 0 Å². The number of rotatable bonds is 7. The maximum Gasteiger partial charge on any atom is 0.253 e. The quantitative estimate of drug-likeness (QED) is 0.504. The van der Waals surface area contributed by atoms with Crippen molar-refractivity contribution in [3.8, 4) is 0 Å². The Morgan fingerprint density at radius 2 is 1.75 bits per heavy atom. The number of carbonyl (C=O) groups excluding carboxylic acids is 1. The topological polar surface area (TPSA) is 77.0 Å². The first-order chi connectivity index (χ1) is 13.4. The Morgan fingerprint density at radius 3 is 2.32 bits per heavy atom. The first kappa shape index (κ1) is 21.4. The molecule has 0 aliphatic heterocycles. The van der Waals surface area contributed by atoms with Crippen LogP contribution in [0.2, 0.25) is 0 Å². The average molecular weight is 386 g/mol. The molecular formula is C21H27FN4O2. The molecule has 0 radical (unpaired) electrons. The van der Waals surface area contributed by atoms with Crippen LogP contribution in [0.3, 0.4) is 0 Å². The SMILES string of the molecule is CCNC(=NCc1ccc(C(=O)N(C)C)cc1)NCC(O)c1ccc(F)cc1. The lowest BCUT2D eigenvalue weighted by molar-refractivity contribution is 0.0827. The van der Waals surface area contributed by atoms with Crippen molar-refractivity contribution in [2.24, 2.45) is 4.99 Å². The fourth-order valence-corrected chi connectivity index (χ4v) is 2.52. The van der Waals surface area contributed by atoms with Crippen LogP contribution in [0.15, 0.2) is 53.5 Å². The van der Waals surface area contributed by atoms with Crippen LogP contribution in [0, 0.1) is 5.82 Å². The monoisotopic (exact) mass is 386 g/mol. The van der Waals surface area contributed by atoms with Crippen LogP contribution < -0.4 is 10.6 Å². The van der Waals surface area contributed by atoms with Crippen molar-refractivity contribution in [1.29, 1.82) is 0 Å². The van der Waals surface area contributed by atoms with Gasteiger partial charge in [0.05, 0.1) is 12.6 Å². The molecule has 1 amide bonds. The van der Waals surface area contributed by atoms with E-state index in [2.05, 4.69) is 15.6 Å². The summed E-state index contributed by atoms with van der Waals surface area (Å²) in [6.07, 6.45) is -0.777.